The van der Waals surface area contributed by atoms with E-state index in [0.29, 0.717) is 0 Å². The zero-order valence-corrected chi connectivity index (χ0v) is 7.16. The third-order valence-corrected chi connectivity index (χ3v) is 1.91. The van der Waals surface area contributed by atoms with Gasteiger partial charge in [-0.2, -0.15) is 0 Å². The largest absolute Gasteiger partial charge is 0.359 e. The summed E-state index contributed by atoms with van der Waals surface area (Å²) in [7, 11) is 0. The van der Waals surface area contributed by atoms with Crippen molar-refractivity contribution in [1.29, 1.82) is 0 Å². The van der Waals surface area contributed by atoms with E-state index in [9.17, 15) is 0 Å². The lowest BCUT2D eigenvalue weighted by molar-refractivity contribution is 0.272. The fourth-order valence-electron chi connectivity index (χ4n) is 1.16. The summed E-state index contributed by atoms with van der Waals surface area (Å²) in [6.07, 6.45) is 5.36. The first kappa shape index (κ1) is 8.40. The lowest BCUT2D eigenvalue weighted by Crippen LogP contribution is -2.26. The van der Waals surface area contributed by atoms with Gasteiger partial charge in [0, 0.05) is 25.5 Å². The van der Waals surface area contributed by atoms with Gasteiger partial charge in [-0.3, -0.25) is 0 Å². The Labute approximate surface area is 68.5 Å². The summed E-state index contributed by atoms with van der Waals surface area (Å²) in [5.74, 6) is 0. The minimum Gasteiger partial charge on any atom is -0.359 e. The van der Waals surface area contributed by atoms with Gasteiger partial charge in [0.25, 0.3) is 0 Å². The zero-order chi connectivity index (χ0) is 8.10. The quantitative estimate of drug-likeness (QED) is 0.638. The SMILES string of the molecule is CCN1C=CN(CCCN)C1. The molecule has 64 valence electrons. The van der Waals surface area contributed by atoms with Crippen LogP contribution in [0.4, 0.5) is 0 Å². The summed E-state index contributed by atoms with van der Waals surface area (Å²) < 4.78 is 0. The molecule has 0 aliphatic carbocycles. The molecular weight excluding hydrogens is 138 g/mol. The van der Waals surface area contributed by atoms with Crippen LogP contribution in [0.25, 0.3) is 0 Å². The van der Waals surface area contributed by atoms with Crippen molar-refractivity contribution < 1.29 is 0 Å². The average Bonchev–Trinajstić information content (AvgIpc) is 2.48. The van der Waals surface area contributed by atoms with Crippen LogP contribution in [-0.4, -0.2) is 36.1 Å². The van der Waals surface area contributed by atoms with Crippen molar-refractivity contribution in [1.82, 2.24) is 9.80 Å². The second kappa shape index (κ2) is 4.23. The molecule has 1 rings (SSSR count). The molecule has 2 N–H and O–H groups in total. The molecule has 0 spiro atoms. The highest BCUT2D eigenvalue weighted by Crippen LogP contribution is 2.05. The topological polar surface area (TPSA) is 32.5 Å². The Morgan fingerprint density at radius 2 is 2.09 bits per heavy atom. The van der Waals surface area contributed by atoms with E-state index in [1.165, 1.54) is 0 Å². The predicted octanol–water partition coefficient (Wildman–Crippen LogP) is 0.401. The maximum absolute atomic E-state index is 5.41. The number of hydrogen-bond acceptors (Lipinski definition) is 3. The Morgan fingerprint density at radius 3 is 2.64 bits per heavy atom. The highest BCUT2D eigenvalue weighted by molar-refractivity contribution is 4.89. The minimum absolute atomic E-state index is 0.788. The third kappa shape index (κ3) is 2.42. The van der Waals surface area contributed by atoms with Crippen LogP contribution in [0.1, 0.15) is 13.3 Å². The molecule has 0 aromatic heterocycles. The third-order valence-electron chi connectivity index (χ3n) is 1.91. The average molecular weight is 155 g/mol. The van der Waals surface area contributed by atoms with Crippen molar-refractivity contribution >= 4 is 0 Å². The van der Waals surface area contributed by atoms with Crippen molar-refractivity contribution in [2.24, 2.45) is 5.73 Å². The van der Waals surface area contributed by atoms with Crippen LogP contribution in [0, 0.1) is 0 Å². The molecule has 0 aromatic carbocycles. The minimum atomic E-state index is 0.788. The molecule has 0 atom stereocenters. The van der Waals surface area contributed by atoms with Crippen LogP contribution < -0.4 is 5.73 Å². The number of hydrogen-bond donors (Lipinski definition) is 1. The van der Waals surface area contributed by atoms with Crippen molar-refractivity contribution in [2.45, 2.75) is 13.3 Å². The molecule has 0 amide bonds. The van der Waals surface area contributed by atoms with E-state index in [2.05, 4.69) is 29.1 Å². The van der Waals surface area contributed by atoms with E-state index in [-0.39, 0.29) is 0 Å². The molecule has 3 heteroatoms. The van der Waals surface area contributed by atoms with Crippen LogP contribution in [0.3, 0.4) is 0 Å². The smallest absolute Gasteiger partial charge is 0.0893 e. The molecule has 0 fully saturated rings. The van der Waals surface area contributed by atoms with E-state index < -0.39 is 0 Å². The number of nitrogens with zero attached hydrogens (tertiary/aromatic N) is 2. The molecule has 0 radical (unpaired) electrons. The maximum atomic E-state index is 5.41. The summed E-state index contributed by atoms with van der Waals surface area (Å²) in [5, 5.41) is 0. The van der Waals surface area contributed by atoms with Gasteiger partial charge in [-0.15, -0.1) is 0 Å². The van der Waals surface area contributed by atoms with Gasteiger partial charge < -0.3 is 15.5 Å². The Kier molecular flexibility index (Phi) is 3.23. The van der Waals surface area contributed by atoms with Gasteiger partial charge in [0.2, 0.25) is 0 Å². The second-order valence-corrected chi connectivity index (χ2v) is 2.80. The number of rotatable bonds is 4. The van der Waals surface area contributed by atoms with E-state index in [1.807, 2.05) is 0 Å². The summed E-state index contributed by atoms with van der Waals surface area (Å²) in [6, 6.07) is 0. The van der Waals surface area contributed by atoms with E-state index in [0.717, 1.165) is 32.7 Å². The van der Waals surface area contributed by atoms with E-state index in [4.69, 9.17) is 5.73 Å². The Balaban J connectivity index is 2.15. The summed E-state index contributed by atoms with van der Waals surface area (Å²) in [5.41, 5.74) is 5.41. The monoisotopic (exact) mass is 155 g/mol. The van der Waals surface area contributed by atoms with E-state index in [1.54, 1.807) is 0 Å². The molecule has 0 unspecified atom stereocenters. The Bertz CT molecular complexity index is 133. The second-order valence-electron chi connectivity index (χ2n) is 2.80. The van der Waals surface area contributed by atoms with Gasteiger partial charge in [-0.05, 0) is 19.9 Å². The van der Waals surface area contributed by atoms with Gasteiger partial charge in [0.15, 0.2) is 0 Å². The highest BCUT2D eigenvalue weighted by Gasteiger charge is 2.08. The summed E-state index contributed by atoms with van der Waals surface area (Å²) in [4.78, 5) is 4.56. The fraction of sp³-hybridized carbons (Fsp3) is 0.750. The molecule has 3 nitrogen and oxygen atoms in total. The molecular formula is C8H17N3. The zero-order valence-electron chi connectivity index (χ0n) is 7.16. The highest BCUT2D eigenvalue weighted by atomic mass is 15.3. The van der Waals surface area contributed by atoms with Crippen molar-refractivity contribution in [3.8, 4) is 0 Å². The first-order valence-corrected chi connectivity index (χ1v) is 4.23. The predicted molar refractivity (Wildman–Crippen MR) is 46.8 cm³/mol. The number of nitrogens with two attached hydrogens (primary N) is 1. The summed E-state index contributed by atoms with van der Waals surface area (Å²) >= 11 is 0. The molecule has 0 saturated heterocycles. The maximum Gasteiger partial charge on any atom is 0.0893 e. The Morgan fingerprint density at radius 1 is 1.36 bits per heavy atom. The van der Waals surface area contributed by atoms with Gasteiger partial charge >= 0.3 is 0 Å². The van der Waals surface area contributed by atoms with Crippen LogP contribution in [0.2, 0.25) is 0 Å². The molecule has 0 bridgehead atoms. The van der Waals surface area contributed by atoms with Crippen LogP contribution in [0.15, 0.2) is 12.4 Å². The lowest BCUT2D eigenvalue weighted by atomic mass is 10.4. The lowest BCUT2D eigenvalue weighted by Gasteiger charge is -2.19. The normalized spacial score (nSPS) is 16.5. The van der Waals surface area contributed by atoms with Crippen molar-refractivity contribution in [2.75, 3.05) is 26.3 Å². The van der Waals surface area contributed by atoms with Gasteiger partial charge in [-0.1, -0.05) is 0 Å². The first-order valence-electron chi connectivity index (χ1n) is 4.23. The standard InChI is InChI=1S/C8H17N3/c1-2-10-6-7-11(8-10)5-3-4-9/h6-7H,2-5,8-9H2,1H3. The van der Waals surface area contributed by atoms with Gasteiger partial charge in [-0.25, -0.2) is 0 Å². The van der Waals surface area contributed by atoms with Crippen LogP contribution in [-0.2, 0) is 0 Å². The molecule has 1 heterocycles. The molecule has 0 aromatic rings. The first-order chi connectivity index (χ1) is 5.36. The molecule has 11 heavy (non-hydrogen) atoms. The van der Waals surface area contributed by atoms with Crippen LogP contribution in [0.5, 0.6) is 0 Å². The molecule has 1 aliphatic heterocycles. The van der Waals surface area contributed by atoms with E-state index >= 15 is 0 Å². The fourth-order valence-corrected chi connectivity index (χ4v) is 1.16. The summed E-state index contributed by atoms with van der Waals surface area (Å²) in [6.45, 7) is 6.17. The Hall–Kier alpha value is -0.700. The van der Waals surface area contributed by atoms with Crippen molar-refractivity contribution in [3.63, 3.8) is 0 Å². The van der Waals surface area contributed by atoms with Gasteiger partial charge in [0.1, 0.15) is 0 Å². The van der Waals surface area contributed by atoms with Crippen molar-refractivity contribution in [3.05, 3.63) is 12.4 Å². The molecule has 0 saturated carbocycles. The van der Waals surface area contributed by atoms with Crippen LogP contribution >= 0.6 is 0 Å². The van der Waals surface area contributed by atoms with Gasteiger partial charge in [0.05, 0.1) is 6.67 Å². The molecule has 1 aliphatic rings.